The number of nitrogens with zero attached hydrogens (tertiary/aromatic N) is 2. The fraction of sp³-hybridized carbons (Fsp3) is 0.389. The van der Waals surface area contributed by atoms with Crippen LogP contribution in [0.15, 0.2) is 42.5 Å². The number of nitrogens with two attached hydrogens (primary N) is 1. The van der Waals surface area contributed by atoms with E-state index in [1.54, 1.807) is 0 Å². The minimum atomic E-state index is 0.0826. The van der Waals surface area contributed by atoms with Crippen molar-refractivity contribution in [2.24, 2.45) is 5.73 Å². The Labute approximate surface area is 132 Å². The standard InChI is InChI=1S/C18H25N3O/c1-20(10-11-21(2)14-17(22)12-19)13-16-8-5-7-15-6-3-4-9-18(15)16/h3-9H,10-14,19H2,1-2H3. The summed E-state index contributed by atoms with van der Waals surface area (Å²) in [5.74, 6) is 0.0826. The van der Waals surface area contributed by atoms with E-state index in [1.165, 1.54) is 16.3 Å². The van der Waals surface area contributed by atoms with Crippen LogP contribution in [0, 0.1) is 0 Å². The molecule has 0 saturated carbocycles. The summed E-state index contributed by atoms with van der Waals surface area (Å²) in [5, 5.41) is 2.59. The molecule has 0 aliphatic rings. The van der Waals surface area contributed by atoms with Gasteiger partial charge in [-0.05, 0) is 30.4 Å². The highest BCUT2D eigenvalue weighted by Gasteiger charge is 2.08. The number of hydrogen-bond acceptors (Lipinski definition) is 4. The van der Waals surface area contributed by atoms with Gasteiger partial charge in [-0.3, -0.25) is 9.69 Å². The third-order valence-electron chi connectivity index (χ3n) is 3.86. The van der Waals surface area contributed by atoms with Gasteiger partial charge in [0.25, 0.3) is 0 Å². The number of rotatable bonds is 8. The molecule has 2 aromatic carbocycles. The summed E-state index contributed by atoms with van der Waals surface area (Å²) in [6.45, 7) is 3.22. The quantitative estimate of drug-likeness (QED) is 0.806. The average molecular weight is 299 g/mol. The Hall–Kier alpha value is -1.75. The zero-order chi connectivity index (χ0) is 15.9. The van der Waals surface area contributed by atoms with E-state index in [0.29, 0.717) is 6.54 Å². The lowest BCUT2D eigenvalue weighted by atomic mass is 10.0. The van der Waals surface area contributed by atoms with Gasteiger partial charge in [-0.2, -0.15) is 0 Å². The Morgan fingerprint density at radius 3 is 2.45 bits per heavy atom. The smallest absolute Gasteiger partial charge is 0.160 e. The van der Waals surface area contributed by atoms with Gasteiger partial charge in [0.05, 0.1) is 13.1 Å². The number of hydrogen-bond donors (Lipinski definition) is 1. The number of fused-ring (bicyclic) bond motifs is 1. The molecule has 0 spiro atoms. The second-order valence-electron chi connectivity index (χ2n) is 5.86. The molecular formula is C18H25N3O. The van der Waals surface area contributed by atoms with Crippen molar-refractivity contribution >= 4 is 16.6 Å². The zero-order valence-electron chi connectivity index (χ0n) is 13.5. The van der Waals surface area contributed by atoms with Gasteiger partial charge in [0, 0.05) is 19.6 Å². The Balaban J connectivity index is 1.91. The first kappa shape index (κ1) is 16.6. The molecule has 2 N–H and O–H groups in total. The molecule has 0 heterocycles. The minimum Gasteiger partial charge on any atom is -0.324 e. The van der Waals surface area contributed by atoms with Crippen molar-refractivity contribution in [2.45, 2.75) is 6.54 Å². The molecule has 0 saturated heterocycles. The zero-order valence-corrected chi connectivity index (χ0v) is 13.5. The molecule has 0 aromatic heterocycles. The van der Waals surface area contributed by atoms with Crippen LogP contribution in [0.4, 0.5) is 0 Å². The molecule has 0 unspecified atom stereocenters. The number of Topliss-reactive ketones (excluding diaryl/α,β-unsaturated/α-hetero) is 1. The SMILES string of the molecule is CN(CCN(C)Cc1cccc2ccccc12)CC(=O)CN. The van der Waals surface area contributed by atoms with Crippen molar-refractivity contribution in [1.29, 1.82) is 0 Å². The van der Waals surface area contributed by atoms with Crippen LogP contribution >= 0.6 is 0 Å². The first-order valence-corrected chi connectivity index (χ1v) is 7.65. The van der Waals surface area contributed by atoms with Crippen LogP contribution in [0.25, 0.3) is 10.8 Å². The molecule has 0 amide bonds. The van der Waals surface area contributed by atoms with Crippen LogP contribution in [0.3, 0.4) is 0 Å². The Kier molecular flexibility index (Phi) is 6.07. The molecule has 2 rings (SSSR count). The van der Waals surface area contributed by atoms with E-state index in [1.807, 2.05) is 11.9 Å². The molecular weight excluding hydrogens is 274 g/mol. The second kappa shape index (κ2) is 8.03. The topological polar surface area (TPSA) is 49.6 Å². The lowest BCUT2D eigenvalue weighted by molar-refractivity contribution is -0.118. The third kappa shape index (κ3) is 4.63. The highest BCUT2D eigenvalue weighted by molar-refractivity contribution is 5.85. The normalized spacial score (nSPS) is 11.5. The van der Waals surface area contributed by atoms with Crippen molar-refractivity contribution in [3.8, 4) is 0 Å². The fourth-order valence-corrected chi connectivity index (χ4v) is 2.59. The average Bonchev–Trinajstić information content (AvgIpc) is 2.53. The molecule has 4 nitrogen and oxygen atoms in total. The monoisotopic (exact) mass is 299 g/mol. The van der Waals surface area contributed by atoms with Crippen molar-refractivity contribution in [2.75, 3.05) is 40.3 Å². The van der Waals surface area contributed by atoms with Gasteiger partial charge in [0.2, 0.25) is 0 Å². The lowest BCUT2D eigenvalue weighted by Crippen LogP contribution is -2.35. The Bertz CT molecular complexity index is 621. The van der Waals surface area contributed by atoms with Gasteiger partial charge in [0.15, 0.2) is 5.78 Å². The molecule has 22 heavy (non-hydrogen) atoms. The number of ketones is 1. The predicted octanol–water partition coefficient (Wildman–Crippen LogP) is 1.73. The number of likely N-dealkylation sites (N-methyl/N-ethyl adjacent to an activating group) is 2. The molecule has 118 valence electrons. The summed E-state index contributed by atoms with van der Waals surface area (Å²) in [6.07, 6.45) is 0. The molecule has 0 aliphatic heterocycles. The Morgan fingerprint density at radius 1 is 1.00 bits per heavy atom. The maximum Gasteiger partial charge on any atom is 0.160 e. The molecule has 0 bridgehead atoms. The van der Waals surface area contributed by atoms with E-state index in [0.717, 1.165) is 19.6 Å². The van der Waals surface area contributed by atoms with Crippen molar-refractivity contribution in [3.05, 3.63) is 48.0 Å². The maximum atomic E-state index is 11.3. The number of carbonyl (C=O) groups is 1. The summed E-state index contributed by atoms with van der Waals surface area (Å²) >= 11 is 0. The van der Waals surface area contributed by atoms with Gasteiger partial charge in [-0.1, -0.05) is 42.5 Å². The van der Waals surface area contributed by atoms with Gasteiger partial charge >= 0.3 is 0 Å². The van der Waals surface area contributed by atoms with E-state index >= 15 is 0 Å². The van der Waals surface area contributed by atoms with Gasteiger partial charge in [-0.25, -0.2) is 0 Å². The van der Waals surface area contributed by atoms with Crippen LogP contribution in [-0.2, 0) is 11.3 Å². The lowest BCUT2D eigenvalue weighted by Gasteiger charge is -2.22. The largest absolute Gasteiger partial charge is 0.324 e. The van der Waals surface area contributed by atoms with Crippen molar-refractivity contribution < 1.29 is 4.79 Å². The maximum absolute atomic E-state index is 11.3. The summed E-state index contributed by atoms with van der Waals surface area (Å²) in [4.78, 5) is 15.6. The van der Waals surface area contributed by atoms with Gasteiger partial charge in [0.1, 0.15) is 0 Å². The van der Waals surface area contributed by atoms with Crippen LogP contribution in [0.5, 0.6) is 0 Å². The van der Waals surface area contributed by atoms with Gasteiger partial charge in [-0.15, -0.1) is 0 Å². The van der Waals surface area contributed by atoms with E-state index in [-0.39, 0.29) is 12.3 Å². The molecule has 2 aromatic rings. The predicted molar refractivity (Wildman–Crippen MR) is 91.8 cm³/mol. The molecule has 0 aliphatic carbocycles. The third-order valence-corrected chi connectivity index (χ3v) is 3.86. The highest BCUT2D eigenvalue weighted by atomic mass is 16.1. The van der Waals surface area contributed by atoms with Crippen molar-refractivity contribution in [3.63, 3.8) is 0 Å². The number of benzene rings is 2. The molecule has 0 radical (unpaired) electrons. The van der Waals surface area contributed by atoms with E-state index < -0.39 is 0 Å². The Morgan fingerprint density at radius 2 is 1.68 bits per heavy atom. The summed E-state index contributed by atoms with van der Waals surface area (Å²) in [5.41, 5.74) is 6.68. The van der Waals surface area contributed by atoms with Crippen LogP contribution in [0.2, 0.25) is 0 Å². The van der Waals surface area contributed by atoms with Gasteiger partial charge < -0.3 is 10.6 Å². The van der Waals surface area contributed by atoms with Crippen LogP contribution < -0.4 is 5.73 Å². The summed E-state index contributed by atoms with van der Waals surface area (Å²) in [7, 11) is 4.07. The van der Waals surface area contributed by atoms with Crippen molar-refractivity contribution in [1.82, 2.24) is 9.80 Å². The minimum absolute atomic E-state index is 0.0826. The van der Waals surface area contributed by atoms with E-state index in [4.69, 9.17) is 5.73 Å². The molecule has 4 heteroatoms. The van der Waals surface area contributed by atoms with E-state index in [9.17, 15) is 4.79 Å². The molecule has 0 fully saturated rings. The summed E-state index contributed by atoms with van der Waals surface area (Å²) < 4.78 is 0. The number of carbonyl (C=O) groups excluding carboxylic acids is 1. The fourth-order valence-electron chi connectivity index (χ4n) is 2.59. The first-order valence-electron chi connectivity index (χ1n) is 7.65. The van der Waals surface area contributed by atoms with Crippen LogP contribution in [0.1, 0.15) is 5.56 Å². The van der Waals surface area contributed by atoms with Crippen LogP contribution in [-0.4, -0.2) is 55.9 Å². The molecule has 0 atom stereocenters. The second-order valence-corrected chi connectivity index (χ2v) is 5.86. The summed E-state index contributed by atoms with van der Waals surface area (Å²) in [6, 6.07) is 14.9. The first-order chi connectivity index (χ1) is 10.6. The van der Waals surface area contributed by atoms with E-state index in [2.05, 4.69) is 54.4 Å². The highest BCUT2D eigenvalue weighted by Crippen LogP contribution is 2.19.